The van der Waals surface area contributed by atoms with Gasteiger partial charge in [-0.1, -0.05) is 0 Å². The molecule has 44 heavy (non-hydrogen) atoms. The highest BCUT2D eigenvalue weighted by Gasteiger charge is 2.25. The third kappa shape index (κ3) is 4.74. The summed E-state index contributed by atoms with van der Waals surface area (Å²) in [6, 6.07) is 21.0. The average Bonchev–Trinajstić information content (AvgIpc) is 3.04. The number of fused-ring (bicyclic) bond motifs is 2. The van der Waals surface area contributed by atoms with Gasteiger partial charge in [0.25, 0.3) is 0 Å². The van der Waals surface area contributed by atoms with Gasteiger partial charge in [0.15, 0.2) is 22.0 Å². The fourth-order valence-corrected chi connectivity index (χ4v) is 5.58. The lowest BCUT2D eigenvalue weighted by atomic mass is 9.91. The molecule has 0 spiro atoms. The normalized spacial score (nSPS) is 11.1. The Balaban J connectivity index is 1.73. The van der Waals surface area contributed by atoms with Crippen LogP contribution in [0.2, 0.25) is 0 Å². The Labute approximate surface area is 253 Å². The van der Waals surface area contributed by atoms with Gasteiger partial charge in [-0.3, -0.25) is 9.59 Å². The topological polar surface area (TPSA) is 97.3 Å². The van der Waals surface area contributed by atoms with Gasteiger partial charge in [0.05, 0.1) is 28.4 Å². The molecule has 2 heterocycles. The molecular weight excluding hydrogens is 560 g/mol. The van der Waals surface area contributed by atoms with Crippen LogP contribution in [-0.4, -0.2) is 28.4 Å². The number of ether oxygens (including phenoxy) is 4. The molecule has 0 amide bonds. The number of methoxy groups -OCH3 is 4. The van der Waals surface area contributed by atoms with E-state index in [2.05, 4.69) is 0 Å². The lowest BCUT2D eigenvalue weighted by molar-refractivity contribution is 0.414. The molecule has 0 unspecified atom stereocenters. The second-order valence-electron chi connectivity index (χ2n) is 10.4. The lowest BCUT2D eigenvalue weighted by Crippen LogP contribution is -2.07. The maximum atomic E-state index is 13.7. The van der Waals surface area contributed by atoms with Crippen LogP contribution in [0.3, 0.4) is 0 Å². The molecule has 0 fully saturated rings. The summed E-state index contributed by atoms with van der Waals surface area (Å²) in [4.78, 5) is 27.4. The largest absolute Gasteiger partial charge is 0.497 e. The minimum atomic E-state index is -0.272. The van der Waals surface area contributed by atoms with E-state index in [-0.39, 0.29) is 21.6 Å². The molecule has 0 saturated heterocycles. The first kappa shape index (κ1) is 28.6. The van der Waals surface area contributed by atoms with Crippen molar-refractivity contribution in [3.8, 4) is 56.8 Å². The average molecular weight is 591 g/mol. The molecule has 0 aliphatic carbocycles. The van der Waals surface area contributed by atoms with E-state index in [1.165, 1.54) is 26.4 Å². The van der Waals surface area contributed by atoms with Crippen LogP contribution >= 0.6 is 0 Å². The van der Waals surface area contributed by atoms with Gasteiger partial charge in [-0.05, 0) is 85.6 Å². The molecule has 0 N–H and O–H groups in total. The van der Waals surface area contributed by atoms with Gasteiger partial charge in [0, 0.05) is 34.4 Å². The Hall–Kier alpha value is -5.50. The smallest absolute Gasteiger partial charge is 0.197 e. The summed E-state index contributed by atoms with van der Waals surface area (Å²) in [5, 5.41) is 0.560. The highest BCUT2D eigenvalue weighted by molar-refractivity contribution is 6.07. The lowest BCUT2D eigenvalue weighted by Gasteiger charge is -2.18. The maximum Gasteiger partial charge on any atom is 0.197 e. The summed E-state index contributed by atoms with van der Waals surface area (Å²) in [6.45, 7) is 3.80. The number of hydrogen-bond acceptors (Lipinski definition) is 8. The molecule has 0 saturated carbocycles. The monoisotopic (exact) mass is 590 g/mol. The van der Waals surface area contributed by atoms with Crippen LogP contribution in [0.15, 0.2) is 91.2 Å². The van der Waals surface area contributed by atoms with Crippen molar-refractivity contribution in [3.05, 3.63) is 104 Å². The Morgan fingerprint density at radius 1 is 0.500 bits per heavy atom. The predicted molar refractivity (Wildman–Crippen MR) is 171 cm³/mol. The zero-order valence-corrected chi connectivity index (χ0v) is 25.2. The van der Waals surface area contributed by atoms with E-state index in [0.29, 0.717) is 67.9 Å². The van der Waals surface area contributed by atoms with Gasteiger partial charge in [0.2, 0.25) is 0 Å². The van der Waals surface area contributed by atoms with Gasteiger partial charge >= 0.3 is 0 Å². The van der Waals surface area contributed by atoms with Gasteiger partial charge in [-0.15, -0.1) is 0 Å². The highest BCUT2D eigenvalue weighted by atomic mass is 16.5. The summed E-state index contributed by atoms with van der Waals surface area (Å²) in [5.41, 5.74) is 4.20. The first-order valence-electron chi connectivity index (χ1n) is 13.9. The molecule has 0 aliphatic heterocycles. The van der Waals surface area contributed by atoms with Crippen molar-refractivity contribution in [2.45, 2.75) is 13.8 Å². The first-order valence-corrected chi connectivity index (χ1v) is 13.9. The van der Waals surface area contributed by atoms with E-state index in [0.717, 1.165) is 11.1 Å². The molecule has 0 radical (unpaired) electrons. The molecule has 8 heteroatoms. The van der Waals surface area contributed by atoms with Crippen molar-refractivity contribution in [1.29, 1.82) is 0 Å². The molecule has 4 aromatic carbocycles. The summed E-state index contributed by atoms with van der Waals surface area (Å²) < 4.78 is 35.0. The van der Waals surface area contributed by atoms with Crippen LogP contribution in [0.25, 0.3) is 55.7 Å². The summed E-state index contributed by atoms with van der Waals surface area (Å²) in [6.07, 6.45) is 0. The molecule has 2 aromatic heterocycles. The third-order valence-electron chi connectivity index (χ3n) is 7.77. The molecule has 6 aromatic rings. The van der Waals surface area contributed by atoms with Crippen molar-refractivity contribution >= 4 is 21.9 Å². The van der Waals surface area contributed by atoms with Crippen LogP contribution in [0.4, 0.5) is 0 Å². The van der Waals surface area contributed by atoms with E-state index in [9.17, 15) is 9.59 Å². The zero-order chi connectivity index (χ0) is 31.1. The van der Waals surface area contributed by atoms with E-state index in [1.54, 1.807) is 50.6 Å². The molecular formula is C36H30O8. The Bertz CT molecular complexity index is 2000. The van der Waals surface area contributed by atoms with Crippen LogP contribution in [-0.2, 0) is 0 Å². The molecule has 6 rings (SSSR count). The first-order chi connectivity index (χ1) is 21.3. The number of aryl methyl sites for hydroxylation is 2. The Kier molecular flexibility index (Phi) is 7.35. The SMILES string of the molecule is COc1ccc(-c2cc(=O)c3c(OC)cc(C)c(-c4c(C)cc(OC)c5c(=O)cc(-c6ccc(OC)cc6)oc45)c3o2)cc1. The van der Waals surface area contributed by atoms with E-state index in [1.807, 2.05) is 38.1 Å². The second kappa shape index (κ2) is 11.3. The van der Waals surface area contributed by atoms with Crippen molar-refractivity contribution in [2.24, 2.45) is 0 Å². The summed E-state index contributed by atoms with van der Waals surface area (Å²) in [7, 11) is 6.21. The molecule has 222 valence electrons. The van der Waals surface area contributed by atoms with E-state index >= 15 is 0 Å². The summed E-state index contributed by atoms with van der Waals surface area (Å²) >= 11 is 0. The molecule has 8 nitrogen and oxygen atoms in total. The highest BCUT2D eigenvalue weighted by Crippen LogP contribution is 2.44. The predicted octanol–water partition coefficient (Wildman–Crippen LogP) is 7.55. The minimum absolute atomic E-state index is 0.272. The minimum Gasteiger partial charge on any atom is -0.497 e. The van der Waals surface area contributed by atoms with Gasteiger partial charge in [0.1, 0.15) is 45.3 Å². The van der Waals surface area contributed by atoms with Gasteiger partial charge in [-0.25, -0.2) is 0 Å². The molecule has 0 bridgehead atoms. The van der Waals surface area contributed by atoms with Gasteiger partial charge < -0.3 is 27.8 Å². The van der Waals surface area contributed by atoms with E-state index in [4.69, 9.17) is 27.8 Å². The molecule has 0 aliphatic rings. The van der Waals surface area contributed by atoms with Crippen LogP contribution in [0.1, 0.15) is 11.1 Å². The van der Waals surface area contributed by atoms with Crippen molar-refractivity contribution < 1.29 is 27.8 Å². The van der Waals surface area contributed by atoms with Gasteiger partial charge in [-0.2, -0.15) is 0 Å². The summed E-state index contributed by atoms with van der Waals surface area (Å²) in [5.74, 6) is 2.86. The second-order valence-corrected chi connectivity index (χ2v) is 10.4. The quantitative estimate of drug-likeness (QED) is 0.188. The fourth-order valence-electron chi connectivity index (χ4n) is 5.58. The fraction of sp³-hybridized carbons (Fsp3) is 0.167. The van der Waals surface area contributed by atoms with Crippen LogP contribution in [0.5, 0.6) is 23.0 Å². The van der Waals surface area contributed by atoms with Crippen molar-refractivity contribution in [2.75, 3.05) is 28.4 Å². The van der Waals surface area contributed by atoms with Crippen LogP contribution < -0.4 is 29.8 Å². The third-order valence-corrected chi connectivity index (χ3v) is 7.77. The molecule has 0 atom stereocenters. The van der Waals surface area contributed by atoms with Crippen molar-refractivity contribution in [3.63, 3.8) is 0 Å². The number of benzene rings is 4. The Morgan fingerprint density at radius 2 is 0.864 bits per heavy atom. The zero-order valence-electron chi connectivity index (χ0n) is 25.2. The standard InChI is InChI=1S/C36H30O8/c1-19-15-29(41-5)33-25(37)17-27(21-7-11-23(39-3)12-8-21)43-35(33)31(19)32-20(2)16-30(42-6)34-26(38)18-28(44-36(32)34)22-9-13-24(40-4)14-10-22/h7-18H,1-6H3. The number of hydrogen-bond donors (Lipinski definition) is 0. The maximum absolute atomic E-state index is 13.7. The Morgan fingerprint density at radius 3 is 1.18 bits per heavy atom. The number of rotatable bonds is 7. The van der Waals surface area contributed by atoms with E-state index < -0.39 is 0 Å². The van der Waals surface area contributed by atoms with Crippen LogP contribution in [0, 0.1) is 13.8 Å². The van der Waals surface area contributed by atoms with Crippen molar-refractivity contribution in [1.82, 2.24) is 0 Å².